The minimum atomic E-state index is 0.398. The maximum absolute atomic E-state index is 9.30. The fourth-order valence-corrected chi connectivity index (χ4v) is 2.12. The molecule has 0 bridgehead atoms. The Hall–Kier alpha value is -2.31. The van der Waals surface area contributed by atoms with Crippen LogP contribution in [0, 0.1) is 18.3 Å². The van der Waals surface area contributed by atoms with E-state index in [4.69, 9.17) is 17.3 Å². The normalized spacial score (nSPS) is 11.6. The number of benzene rings is 1. The molecule has 2 rings (SSSR count). The first-order valence-electron chi connectivity index (χ1n) is 5.69. The molecule has 19 heavy (non-hydrogen) atoms. The topological polar surface area (TPSA) is 62.7 Å². The van der Waals surface area contributed by atoms with Gasteiger partial charge in [0, 0.05) is 28.5 Å². The fourth-order valence-electron chi connectivity index (χ4n) is 1.83. The molecule has 0 saturated carbocycles. The van der Waals surface area contributed by atoms with Crippen LogP contribution in [0.1, 0.15) is 16.7 Å². The summed E-state index contributed by atoms with van der Waals surface area (Å²) in [7, 11) is 0. The van der Waals surface area contributed by atoms with Crippen LogP contribution in [0.2, 0.25) is 5.02 Å². The van der Waals surface area contributed by atoms with Gasteiger partial charge in [0.1, 0.15) is 6.07 Å². The average Bonchev–Trinajstić information content (AvgIpc) is 2.39. The zero-order chi connectivity index (χ0) is 13.8. The molecule has 0 aliphatic heterocycles. The molecule has 1 aromatic carbocycles. The molecule has 0 unspecified atom stereocenters. The molecule has 0 atom stereocenters. The largest absolute Gasteiger partial charge is 0.397 e. The molecular formula is C15H12ClN3. The third-order valence-electron chi connectivity index (χ3n) is 2.68. The molecule has 1 heterocycles. The smallest absolute Gasteiger partial charge is 0.102 e. The number of hydrogen-bond acceptors (Lipinski definition) is 3. The number of nitriles is 1. The lowest BCUT2D eigenvalue weighted by Gasteiger charge is -2.07. The van der Waals surface area contributed by atoms with Gasteiger partial charge in [0.25, 0.3) is 0 Å². The van der Waals surface area contributed by atoms with Crippen LogP contribution in [-0.4, -0.2) is 4.98 Å². The number of nitrogens with two attached hydrogens (primary N) is 1. The van der Waals surface area contributed by atoms with E-state index < -0.39 is 0 Å². The zero-order valence-electron chi connectivity index (χ0n) is 10.4. The summed E-state index contributed by atoms with van der Waals surface area (Å²) in [5.41, 5.74) is 9.32. The number of rotatable bonds is 2. The Balaban J connectivity index is 2.59. The van der Waals surface area contributed by atoms with Crippen LogP contribution in [0.4, 0.5) is 0 Å². The van der Waals surface area contributed by atoms with E-state index in [2.05, 4.69) is 11.1 Å². The molecule has 0 radical (unpaired) electrons. The summed E-state index contributed by atoms with van der Waals surface area (Å²) in [6.45, 7) is 1.93. The van der Waals surface area contributed by atoms with Gasteiger partial charge in [-0.2, -0.15) is 5.26 Å². The third-order valence-corrected chi connectivity index (χ3v) is 2.90. The molecule has 3 nitrogen and oxygen atoms in total. The van der Waals surface area contributed by atoms with Crippen LogP contribution < -0.4 is 5.73 Å². The minimum Gasteiger partial charge on any atom is -0.397 e. The van der Waals surface area contributed by atoms with Gasteiger partial charge in [0.15, 0.2) is 0 Å². The molecule has 0 saturated heterocycles. The monoisotopic (exact) mass is 269 g/mol. The fraction of sp³-hybridized carbons (Fsp3) is 0.0667. The van der Waals surface area contributed by atoms with E-state index in [-0.39, 0.29) is 0 Å². The Morgan fingerprint density at radius 2 is 2.11 bits per heavy atom. The van der Waals surface area contributed by atoms with Gasteiger partial charge in [0.2, 0.25) is 0 Å². The van der Waals surface area contributed by atoms with Crippen LogP contribution in [0.25, 0.3) is 11.3 Å². The molecule has 0 spiro atoms. The number of hydrogen-bond donors (Lipinski definition) is 1. The lowest BCUT2D eigenvalue weighted by Crippen LogP contribution is -2.01. The highest BCUT2D eigenvalue weighted by molar-refractivity contribution is 6.30. The van der Waals surface area contributed by atoms with Gasteiger partial charge >= 0.3 is 0 Å². The van der Waals surface area contributed by atoms with Crippen LogP contribution >= 0.6 is 11.6 Å². The molecule has 1 aromatic heterocycles. The lowest BCUT2D eigenvalue weighted by atomic mass is 10.0. The Kier molecular flexibility index (Phi) is 3.84. The van der Waals surface area contributed by atoms with Crippen LogP contribution in [0.3, 0.4) is 0 Å². The van der Waals surface area contributed by atoms with Crippen molar-refractivity contribution in [2.75, 3.05) is 0 Å². The molecule has 0 amide bonds. The molecule has 0 aliphatic carbocycles. The van der Waals surface area contributed by atoms with Crippen molar-refractivity contribution >= 4 is 22.9 Å². The summed E-state index contributed by atoms with van der Waals surface area (Å²) in [5, 5.41) is 9.90. The van der Waals surface area contributed by atoms with Gasteiger partial charge in [-0.15, -0.1) is 0 Å². The average molecular weight is 270 g/mol. The first kappa shape index (κ1) is 13.1. The summed E-state index contributed by atoms with van der Waals surface area (Å²) in [6.07, 6.45) is 3.26. The van der Waals surface area contributed by atoms with Gasteiger partial charge in [0.05, 0.1) is 11.3 Å². The second-order valence-electron chi connectivity index (χ2n) is 4.16. The van der Waals surface area contributed by atoms with Crippen molar-refractivity contribution in [3.05, 3.63) is 64.4 Å². The first-order valence-corrected chi connectivity index (χ1v) is 6.07. The van der Waals surface area contributed by atoms with Crippen molar-refractivity contribution in [2.24, 2.45) is 5.73 Å². The predicted octanol–water partition coefficient (Wildman–Crippen LogP) is 3.39. The van der Waals surface area contributed by atoms with Gasteiger partial charge in [-0.3, -0.25) is 4.98 Å². The summed E-state index contributed by atoms with van der Waals surface area (Å²) >= 11 is 6.01. The van der Waals surface area contributed by atoms with Gasteiger partial charge < -0.3 is 5.73 Å². The highest BCUT2D eigenvalue weighted by Crippen LogP contribution is 2.24. The summed E-state index contributed by atoms with van der Waals surface area (Å²) in [4.78, 5) is 4.00. The molecule has 4 heteroatoms. The standard InChI is InChI=1S/C15H12ClN3/c1-10-5-12(7-13(16)6-10)15(18)14(8-17)11-3-2-4-19-9-11/h2-7,9H,18H2,1H3/b15-14+. The van der Waals surface area contributed by atoms with E-state index in [9.17, 15) is 5.26 Å². The van der Waals surface area contributed by atoms with E-state index >= 15 is 0 Å². The molecule has 2 N–H and O–H groups in total. The summed E-state index contributed by atoms with van der Waals surface area (Å²) in [5.74, 6) is 0. The molecule has 0 aliphatic rings. The highest BCUT2D eigenvalue weighted by atomic mass is 35.5. The first-order chi connectivity index (χ1) is 9.11. The Morgan fingerprint density at radius 1 is 1.32 bits per heavy atom. The summed E-state index contributed by atoms with van der Waals surface area (Å²) in [6, 6.07) is 11.2. The molecular weight excluding hydrogens is 258 g/mol. The van der Waals surface area contributed by atoms with E-state index in [0.29, 0.717) is 21.9 Å². The van der Waals surface area contributed by atoms with Crippen molar-refractivity contribution in [1.29, 1.82) is 5.26 Å². The van der Waals surface area contributed by atoms with Crippen molar-refractivity contribution in [1.82, 2.24) is 4.98 Å². The van der Waals surface area contributed by atoms with Crippen molar-refractivity contribution < 1.29 is 0 Å². The lowest BCUT2D eigenvalue weighted by molar-refractivity contribution is 1.31. The Bertz CT molecular complexity index is 649. The third kappa shape index (κ3) is 2.93. The van der Waals surface area contributed by atoms with Crippen molar-refractivity contribution in [3.8, 4) is 6.07 Å². The second kappa shape index (κ2) is 5.55. The number of pyridine rings is 1. The number of halogens is 1. The van der Waals surface area contributed by atoms with E-state index in [1.54, 1.807) is 30.6 Å². The maximum Gasteiger partial charge on any atom is 0.102 e. The molecule has 94 valence electrons. The van der Waals surface area contributed by atoms with E-state index in [1.807, 2.05) is 19.1 Å². The van der Waals surface area contributed by atoms with Gasteiger partial charge in [-0.1, -0.05) is 17.7 Å². The SMILES string of the molecule is Cc1cc(Cl)cc(/C(N)=C(/C#N)c2cccnc2)c1. The van der Waals surface area contributed by atoms with Crippen LogP contribution in [0.5, 0.6) is 0 Å². The van der Waals surface area contributed by atoms with E-state index in [0.717, 1.165) is 11.1 Å². The van der Waals surface area contributed by atoms with Crippen molar-refractivity contribution in [3.63, 3.8) is 0 Å². The maximum atomic E-state index is 9.30. The second-order valence-corrected chi connectivity index (χ2v) is 4.60. The van der Waals surface area contributed by atoms with E-state index in [1.165, 1.54) is 0 Å². The number of nitrogens with zero attached hydrogens (tertiary/aromatic N) is 2. The van der Waals surface area contributed by atoms with Crippen molar-refractivity contribution in [2.45, 2.75) is 6.92 Å². The Labute approximate surface area is 117 Å². The Morgan fingerprint density at radius 3 is 2.68 bits per heavy atom. The zero-order valence-corrected chi connectivity index (χ0v) is 11.1. The number of allylic oxidation sites excluding steroid dienone is 1. The number of aryl methyl sites for hydroxylation is 1. The number of aromatic nitrogens is 1. The summed E-state index contributed by atoms with van der Waals surface area (Å²) < 4.78 is 0. The van der Waals surface area contributed by atoms with Crippen LogP contribution in [-0.2, 0) is 0 Å². The van der Waals surface area contributed by atoms with Crippen LogP contribution in [0.15, 0.2) is 42.7 Å². The minimum absolute atomic E-state index is 0.398. The predicted molar refractivity (Wildman–Crippen MR) is 77.0 cm³/mol. The highest BCUT2D eigenvalue weighted by Gasteiger charge is 2.09. The van der Waals surface area contributed by atoms with Gasteiger partial charge in [-0.05, 0) is 36.8 Å². The van der Waals surface area contributed by atoms with Gasteiger partial charge in [-0.25, -0.2) is 0 Å². The molecule has 2 aromatic rings. The quantitative estimate of drug-likeness (QED) is 0.850. The molecule has 0 fully saturated rings.